The fraction of sp³-hybridized carbons (Fsp3) is 0.294. The van der Waals surface area contributed by atoms with E-state index in [0.717, 1.165) is 17.9 Å². The third-order valence-corrected chi connectivity index (χ3v) is 3.67. The van der Waals surface area contributed by atoms with E-state index in [2.05, 4.69) is 15.0 Å². The number of nitrogens with one attached hydrogen (secondary N) is 1. The summed E-state index contributed by atoms with van der Waals surface area (Å²) < 4.78 is 5.42. The summed E-state index contributed by atoms with van der Waals surface area (Å²) in [5.74, 6) is -2.35. The first-order valence-corrected chi connectivity index (χ1v) is 8.11. The molecule has 28 heavy (non-hydrogen) atoms. The second-order valence-electron chi connectivity index (χ2n) is 6.03. The summed E-state index contributed by atoms with van der Waals surface area (Å²) in [5, 5.41) is 23.6. The van der Waals surface area contributed by atoms with E-state index in [-0.39, 0.29) is 28.7 Å². The highest BCUT2D eigenvalue weighted by Gasteiger charge is 2.28. The van der Waals surface area contributed by atoms with Crippen molar-refractivity contribution in [1.29, 1.82) is 0 Å². The SMILES string of the molecule is COC(=O)c1cccc(-c2cnc(NC(C)C)c(=O)n2CC(=O)O)c1[N+](=O)[O-]. The molecule has 2 aromatic rings. The van der Waals surface area contributed by atoms with Gasteiger partial charge in [0.1, 0.15) is 12.1 Å². The van der Waals surface area contributed by atoms with E-state index in [4.69, 9.17) is 0 Å². The van der Waals surface area contributed by atoms with Gasteiger partial charge in [-0.1, -0.05) is 6.07 Å². The number of carboxylic acid groups (broad SMARTS) is 1. The first-order chi connectivity index (χ1) is 13.2. The number of carbonyl (C=O) groups excluding carboxylic acids is 1. The van der Waals surface area contributed by atoms with Gasteiger partial charge in [0, 0.05) is 6.04 Å². The van der Waals surface area contributed by atoms with Crippen LogP contribution in [-0.2, 0) is 16.1 Å². The van der Waals surface area contributed by atoms with E-state index in [1.807, 2.05) is 0 Å². The zero-order valence-electron chi connectivity index (χ0n) is 15.3. The van der Waals surface area contributed by atoms with E-state index in [1.54, 1.807) is 13.8 Å². The molecule has 0 aliphatic heterocycles. The number of benzene rings is 1. The molecule has 0 saturated carbocycles. The number of carbonyl (C=O) groups is 2. The van der Waals surface area contributed by atoms with Crippen LogP contribution >= 0.6 is 0 Å². The molecule has 0 saturated heterocycles. The number of aliphatic carboxylic acids is 1. The smallest absolute Gasteiger partial charge is 0.344 e. The van der Waals surface area contributed by atoms with Gasteiger partial charge in [-0.25, -0.2) is 9.78 Å². The molecule has 1 aromatic carbocycles. The summed E-state index contributed by atoms with van der Waals surface area (Å²) in [6.45, 7) is 2.78. The van der Waals surface area contributed by atoms with Crippen LogP contribution in [0.5, 0.6) is 0 Å². The van der Waals surface area contributed by atoms with Crippen LogP contribution in [0.3, 0.4) is 0 Å². The number of nitrogens with zero attached hydrogens (tertiary/aromatic N) is 3. The van der Waals surface area contributed by atoms with Gasteiger partial charge < -0.3 is 15.2 Å². The molecule has 11 heteroatoms. The molecule has 1 aromatic heterocycles. The van der Waals surface area contributed by atoms with E-state index in [1.165, 1.54) is 18.2 Å². The average Bonchev–Trinajstić information content (AvgIpc) is 2.63. The van der Waals surface area contributed by atoms with Gasteiger partial charge in [-0.3, -0.25) is 24.3 Å². The van der Waals surface area contributed by atoms with Gasteiger partial charge in [0.2, 0.25) is 0 Å². The lowest BCUT2D eigenvalue weighted by atomic mass is 10.0. The molecular formula is C17H18N4O7. The Morgan fingerprint density at radius 1 is 1.39 bits per heavy atom. The van der Waals surface area contributed by atoms with Gasteiger partial charge in [0.15, 0.2) is 5.82 Å². The van der Waals surface area contributed by atoms with Crippen molar-refractivity contribution in [2.75, 3.05) is 12.4 Å². The number of nitro groups is 1. The maximum Gasteiger partial charge on any atom is 0.344 e. The third-order valence-electron chi connectivity index (χ3n) is 3.67. The molecule has 2 rings (SSSR count). The van der Waals surface area contributed by atoms with Crippen molar-refractivity contribution in [1.82, 2.24) is 9.55 Å². The number of methoxy groups -OCH3 is 1. The van der Waals surface area contributed by atoms with Crippen LogP contribution in [0.2, 0.25) is 0 Å². The maximum absolute atomic E-state index is 12.7. The van der Waals surface area contributed by atoms with Crippen LogP contribution in [0.25, 0.3) is 11.3 Å². The number of aromatic nitrogens is 2. The number of anilines is 1. The summed E-state index contributed by atoms with van der Waals surface area (Å²) >= 11 is 0. The Balaban J connectivity index is 2.82. The fourth-order valence-electron chi connectivity index (χ4n) is 2.59. The molecule has 0 unspecified atom stereocenters. The largest absolute Gasteiger partial charge is 0.480 e. The molecule has 0 fully saturated rings. The summed E-state index contributed by atoms with van der Waals surface area (Å²) in [6.07, 6.45) is 1.15. The second kappa shape index (κ2) is 8.29. The van der Waals surface area contributed by atoms with Crippen LogP contribution in [-0.4, -0.2) is 44.7 Å². The van der Waals surface area contributed by atoms with Crippen LogP contribution < -0.4 is 10.9 Å². The normalized spacial score (nSPS) is 10.6. The number of para-hydroxylation sites is 1. The Morgan fingerprint density at radius 3 is 2.61 bits per heavy atom. The quantitative estimate of drug-likeness (QED) is 0.407. The molecule has 148 valence electrons. The van der Waals surface area contributed by atoms with Crippen LogP contribution in [0.1, 0.15) is 24.2 Å². The molecule has 11 nitrogen and oxygen atoms in total. The Labute approximate surface area is 158 Å². The van der Waals surface area contributed by atoms with Gasteiger partial charge in [-0.05, 0) is 26.0 Å². The van der Waals surface area contributed by atoms with Crippen LogP contribution in [0.15, 0.2) is 29.2 Å². The van der Waals surface area contributed by atoms with Crippen LogP contribution in [0.4, 0.5) is 11.5 Å². The lowest BCUT2D eigenvalue weighted by molar-refractivity contribution is -0.384. The molecule has 1 heterocycles. The standard InChI is InChI=1S/C17H18N4O7/c1-9(2)19-15-16(24)20(8-13(22)23)12(7-18-15)10-5-4-6-11(17(25)28-3)14(10)21(26)27/h4-7,9H,8H2,1-3H3,(H,18,19)(H,22,23). The second-order valence-corrected chi connectivity index (χ2v) is 6.03. The minimum absolute atomic E-state index is 0.0909. The van der Waals surface area contributed by atoms with E-state index in [0.29, 0.717) is 0 Å². The Morgan fingerprint density at radius 2 is 2.07 bits per heavy atom. The van der Waals surface area contributed by atoms with Crippen molar-refractivity contribution in [3.8, 4) is 11.3 Å². The molecular weight excluding hydrogens is 372 g/mol. The van der Waals surface area contributed by atoms with Crippen LogP contribution in [0, 0.1) is 10.1 Å². The lowest BCUT2D eigenvalue weighted by Crippen LogP contribution is -2.30. The topological polar surface area (TPSA) is 154 Å². The zero-order valence-corrected chi connectivity index (χ0v) is 15.3. The first-order valence-electron chi connectivity index (χ1n) is 8.11. The molecule has 0 aliphatic rings. The predicted octanol–water partition coefficient (Wildman–Crippen LogP) is 1.51. The number of carboxylic acids is 1. The Hall–Kier alpha value is -3.76. The third kappa shape index (κ3) is 4.14. The van der Waals surface area contributed by atoms with Gasteiger partial charge in [-0.15, -0.1) is 0 Å². The predicted molar refractivity (Wildman–Crippen MR) is 98.3 cm³/mol. The highest BCUT2D eigenvalue weighted by atomic mass is 16.6. The first kappa shape index (κ1) is 20.6. The summed E-state index contributed by atoms with van der Waals surface area (Å²) in [6, 6.07) is 3.72. The number of rotatable bonds is 7. The minimum atomic E-state index is -1.32. The molecule has 0 aliphatic carbocycles. The zero-order chi connectivity index (χ0) is 21.0. The molecule has 0 radical (unpaired) electrons. The lowest BCUT2D eigenvalue weighted by Gasteiger charge is -2.15. The van der Waals surface area contributed by atoms with Gasteiger partial charge >= 0.3 is 11.9 Å². The van der Waals surface area contributed by atoms with Crippen molar-refractivity contribution in [2.45, 2.75) is 26.4 Å². The van der Waals surface area contributed by atoms with Crippen molar-refractivity contribution < 1.29 is 24.4 Å². The average molecular weight is 390 g/mol. The number of hydrogen-bond donors (Lipinski definition) is 2. The van der Waals surface area contributed by atoms with Gasteiger partial charge in [-0.2, -0.15) is 0 Å². The summed E-state index contributed by atoms with van der Waals surface area (Å²) in [5.41, 5.74) is -1.94. The van der Waals surface area contributed by atoms with Crippen molar-refractivity contribution in [2.24, 2.45) is 0 Å². The minimum Gasteiger partial charge on any atom is -0.480 e. The summed E-state index contributed by atoms with van der Waals surface area (Å²) in [4.78, 5) is 50.7. The van der Waals surface area contributed by atoms with E-state index in [9.17, 15) is 29.6 Å². The Kier molecular flexibility index (Phi) is 6.08. The number of esters is 1. The van der Waals surface area contributed by atoms with Gasteiger partial charge in [0.25, 0.3) is 11.2 Å². The highest BCUT2D eigenvalue weighted by molar-refractivity contribution is 5.97. The molecule has 0 spiro atoms. The van der Waals surface area contributed by atoms with E-state index < -0.39 is 34.7 Å². The fourth-order valence-corrected chi connectivity index (χ4v) is 2.59. The van der Waals surface area contributed by atoms with Crippen molar-refractivity contribution in [3.05, 3.63) is 50.4 Å². The maximum atomic E-state index is 12.7. The monoisotopic (exact) mass is 390 g/mol. The summed E-state index contributed by atoms with van der Waals surface area (Å²) in [7, 11) is 1.08. The number of nitro benzene ring substituents is 1. The van der Waals surface area contributed by atoms with Crippen molar-refractivity contribution >= 4 is 23.4 Å². The molecule has 2 N–H and O–H groups in total. The number of ether oxygens (including phenoxy) is 1. The van der Waals surface area contributed by atoms with Crippen molar-refractivity contribution in [3.63, 3.8) is 0 Å². The molecule has 0 atom stereocenters. The molecule has 0 bridgehead atoms. The van der Waals surface area contributed by atoms with Gasteiger partial charge in [0.05, 0.1) is 29.5 Å². The molecule has 0 amide bonds. The highest BCUT2D eigenvalue weighted by Crippen LogP contribution is 2.33. The number of hydrogen-bond acceptors (Lipinski definition) is 8. The Bertz CT molecular complexity index is 997. The van der Waals surface area contributed by atoms with E-state index >= 15 is 0 Å².